The summed E-state index contributed by atoms with van der Waals surface area (Å²) in [6, 6.07) is 7.55. The number of carboxylic acids is 1. The van der Waals surface area contributed by atoms with Gasteiger partial charge in [0, 0.05) is 24.7 Å². The van der Waals surface area contributed by atoms with E-state index in [1.54, 1.807) is 0 Å². The Kier molecular flexibility index (Phi) is 3.38. The molecule has 4 nitrogen and oxygen atoms in total. The first-order valence-electron chi connectivity index (χ1n) is 5.49. The van der Waals surface area contributed by atoms with Crippen LogP contribution in [0, 0.1) is 0 Å². The van der Waals surface area contributed by atoms with Crippen molar-refractivity contribution in [2.24, 2.45) is 5.73 Å². The molecular weight excluding hydrogens is 240 g/mol. The lowest BCUT2D eigenvalue weighted by molar-refractivity contribution is -0.142. The fourth-order valence-corrected chi connectivity index (χ4v) is 2.20. The minimum absolute atomic E-state index is 0.394. The second-order valence-corrected chi connectivity index (χ2v) is 4.98. The maximum Gasteiger partial charge on any atom is 0.325 e. The summed E-state index contributed by atoms with van der Waals surface area (Å²) in [6.45, 7) is 1.82. The zero-order chi connectivity index (χ0) is 12.5. The molecule has 1 aromatic rings. The van der Waals surface area contributed by atoms with Gasteiger partial charge in [-0.05, 0) is 24.1 Å². The van der Waals surface area contributed by atoms with Crippen LogP contribution in [0.4, 0.5) is 0 Å². The standard InChI is InChI=1S/C12H15ClN2O2/c13-10-3-1-9(2-4-10)7-15-6-5-12(14,8-15)11(16)17/h1-4H,5-8,14H2,(H,16,17). The second-order valence-electron chi connectivity index (χ2n) is 4.55. The van der Waals surface area contributed by atoms with E-state index in [1.807, 2.05) is 24.3 Å². The third-order valence-electron chi connectivity index (χ3n) is 3.13. The molecule has 0 saturated carbocycles. The van der Waals surface area contributed by atoms with Gasteiger partial charge in [-0.25, -0.2) is 0 Å². The number of hydrogen-bond donors (Lipinski definition) is 2. The first kappa shape index (κ1) is 12.4. The molecule has 0 aliphatic carbocycles. The lowest BCUT2D eigenvalue weighted by Gasteiger charge is -2.20. The molecule has 3 N–H and O–H groups in total. The molecule has 0 amide bonds. The minimum Gasteiger partial charge on any atom is -0.480 e. The Morgan fingerprint density at radius 3 is 2.65 bits per heavy atom. The number of rotatable bonds is 3. The average molecular weight is 255 g/mol. The number of nitrogens with two attached hydrogens (primary N) is 1. The van der Waals surface area contributed by atoms with Crippen LogP contribution in [0.15, 0.2) is 24.3 Å². The Morgan fingerprint density at radius 1 is 1.47 bits per heavy atom. The SMILES string of the molecule is NC1(C(=O)O)CCN(Cc2ccc(Cl)cc2)C1. The van der Waals surface area contributed by atoms with Crippen molar-refractivity contribution in [3.05, 3.63) is 34.9 Å². The molecule has 0 bridgehead atoms. The van der Waals surface area contributed by atoms with Gasteiger partial charge >= 0.3 is 5.97 Å². The van der Waals surface area contributed by atoms with Crippen LogP contribution in [0.2, 0.25) is 5.02 Å². The smallest absolute Gasteiger partial charge is 0.325 e. The van der Waals surface area contributed by atoms with Gasteiger partial charge in [0.15, 0.2) is 0 Å². The van der Waals surface area contributed by atoms with Crippen molar-refractivity contribution in [3.63, 3.8) is 0 Å². The molecule has 1 atom stereocenters. The first-order chi connectivity index (χ1) is 7.99. The van der Waals surface area contributed by atoms with Crippen LogP contribution >= 0.6 is 11.6 Å². The molecule has 1 saturated heterocycles. The predicted octanol–water partition coefficient (Wildman–Crippen LogP) is 1.33. The average Bonchev–Trinajstić information content (AvgIpc) is 2.65. The highest BCUT2D eigenvalue weighted by Gasteiger charge is 2.40. The van der Waals surface area contributed by atoms with Crippen molar-refractivity contribution in [1.29, 1.82) is 0 Å². The van der Waals surface area contributed by atoms with Gasteiger partial charge in [-0.3, -0.25) is 9.69 Å². The summed E-state index contributed by atoms with van der Waals surface area (Å²) in [6.07, 6.45) is 0.496. The van der Waals surface area contributed by atoms with Crippen molar-refractivity contribution in [3.8, 4) is 0 Å². The summed E-state index contributed by atoms with van der Waals surface area (Å²) in [5.74, 6) is -0.920. The van der Waals surface area contributed by atoms with Crippen LogP contribution in [0.1, 0.15) is 12.0 Å². The Hall–Kier alpha value is -1.10. The van der Waals surface area contributed by atoms with E-state index in [9.17, 15) is 4.79 Å². The van der Waals surface area contributed by atoms with Gasteiger partial charge in [0.1, 0.15) is 5.54 Å². The molecule has 0 radical (unpaired) electrons. The summed E-state index contributed by atoms with van der Waals surface area (Å²) in [7, 11) is 0. The van der Waals surface area contributed by atoms with E-state index in [4.69, 9.17) is 22.4 Å². The molecule has 0 aromatic heterocycles. The third kappa shape index (κ3) is 2.77. The maximum absolute atomic E-state index is 11.0. The molecule has 1 aliphatic heterocycles. The largest absolute Gasteiger partial charge is 0.480 e. The van der Waals surface area contributed by atoms with E-state index < -0.39 is 11.5 Å². The number of likely N-dealkylation sites (tertiary alicyclic amines) is 1. The third-order valence-corrected chi connectivity index (χ3v) is 3.38. The van der Waals surface area contributed by atoms with E-state index in [-0.39, 0.29) is 0 Å². The van der Waals surface area contributed by atoms with Crippen molar-refractivity contribution in [2.75, 3.05) is 13.1 Å². The van der Waals surface area contributed by atoms with Crippen molar-refractivity contribution < 1.29 is 9.90 Å². The van der Waals surface area contributed by atoms with Crippen LogP contribution in [0.5, 0.6) is 0 Å². The summed E-state index contributed by atoms with van der Waals surface area (Å²) < 4.78 is 0. The molecule has 2 rings (SSSR count). The lowest BCUT2D eigenvalue weighted by Crippen LogP contribution is -2.50. The zero-order valence-corrected chi connectivity index (χ0v) is 10.2. The fraction of sp³-hybridized carbons (Fsp3) is 0.417. The molecular formula is C12H15ClN2O2. The number of carboxylic acid groups (broad SMARTS) is 1. The second kappa shape index (κ2) is 4.64. The Morgan fingerprint density at radius 2 is 2.12 bits per heavy atom. The number of halogens is 1. The van der Waals surface area contributed by atoms with Crippen LogP contribution in [0.25, 0.3) is 0 Å². The highest BCUT2D eigenvalue weighted by molar-refractivity contribution is 6.30. The quantitative estimate of drug-likeness (QED) is 0.854. The molecule has 1 heterocycles. The fourth-order valence-electron chi connectivity index (χ4n) is 2.07. The predicted molar refractivity (Wildman–Crippen MR) is 65.9 cm³/mol. The topological polar surface area (TPSA) is 66.6 Å². The molecule has 1 unspecified atom stereocenters. The van der Waals surface area contributed by atoms with Gasteiger partial charge in [0.2, 0.25) is 0 Å². The van der Waals surface area contributed by atoms with E-state index in [0.29, 0.717) is 31.1 Å². The van der Waals surface area contributed by atoms with Gasteiger partial charge in [-0.2, -0.15) is 0 Å². The molecule has 1 aliphatic rings. The van der Waals surface area contributed by atoms with Crippen LogP contribution in [0.3, 0.4) is 0 Å². The minimum atomic E-state index is -1.09. The van der Waals surface area contributed by atoms with Gasteiger partial charge in [-0.15, -0.1) is 0 Å². The van der Waals surface area contributed by atoms with Crippen molar-refractivity contribution >= 4 is 17.6 Å². The number of carbonyl (C=O) groups is 1. The Labute approximate surface area is 105 Å². The van der Waals surface area contributed by atoms with E-state index >= 15 is 0 Å². The molecule has 5 heteroatoms. The van der Waals surface area contributed by atoms with E-state index in [2.05, 4.69) is 4.90 Å². The van der Waals surface area contributed by atoms with Crippen LogP contribution < -0.4 is 5.73 Å². The van der Waals surface area contributed by atoms with Crippen molar-refractivity contribution in [2.45, 2.75) is 18.5 Å². The van der Waals surface area contributed by atoms with Gasteiger partial charge in [0.25, 0.3) is 0 Å². The molecule has 1 fully saturated rings. The number of nitrogens with zero attached hydrogens (tertiary/aromatic N) is 1. The highest BCUT2D eigenvalue weighted by Crippen LogP contribution is 2.21. The summed E-state index contributed by atoms with van der Waals surface area (Å²) >= 11 is 5.80. The van der Waals surface area contributed by atoms with Crippen LogP contribution in [-0.4, -0.2) is 34.6 Å². The number of aliphatic carboxylic acids is 1. The van der Waals surface area contributed by atoms with E-state index in [0.717, 1.165) is 5.56 Å². The lowest BCUT2D eigenvalue weighted by atomic mass is 10.0. The molecule has 0 spiro atoms. The molecule has 1 aromatic carbocycles. The Balaban J connectivity index is 1.98. The number of hydrogen-bond acceptors (Lipinski definition) is 3. The van der Waals surface area contributed by atoms with Crippen LogP contribution in [-0.2, 0) is 11.3 Å². The van der Waals surface area contributed by atoms with Gasteiger partial charge in [0.05, 0.1) is 0 Å². The summed E-state index contributed by atoms with van der Waals surface area (Å²) in [5, 5.41) is 9.73. The monoisotopic (exact) mass is 254 g/mol. The molecule has 17 heavy (non-hydrogen) atoms. The normalized spacial score (nSPS) is 25.1. The maximum atomic E-state index is 11.0. The van der Waals surface area contributed by atoms with Gasteiger partial charge < -0.3 is 10.8 Å². The number of benzene rings is 1. The summed E-state index contributed by atoms with van der Waals surface area (Å²) in [4.78, 5) is 13.0. The molecule has 92 valence electrons. The van der Waals surface area contributed by atoms with E-state index in [1.165, 1.54) is 0 Å². The first-order valence-corrected chi connectivity index (χ1v) is 5.86. The zero-order valence-electron chi connectivity index (χ0n) is 9.40. The highest BCUT2D eigenvalue weighted by atomic mass is 35.5. The van der Waals surface area contributed by atoms with Crippen molar-refractivity contribution in [1.82, 2.24) is 4.90 Å². The summed E-state index contributed by atoms with van der Waals surface area (Å²) in [5.41, 5.74) is 5.83. The Bertz CT molecular complexity index is 421. The van der Waals surface area contributed by atoms with Gasteiger partial charge in [-0.1, -0.05) is 23.7 Å².